The van der Waals surface area contributed by atoms with Gasteiger partial charge in [0.1, 0.15) is 22.2 Å². The summed E-state index contributed by atoms with van der Waals surface area (Å²) in [6.07, 6.45) is 0.776. The Morgan fingerprint density at radius 2 is 1.88 bits per heavy atom. The van der Waals surface area contributed by atoms with Crippen LogP contribution in [-0.2, 0) is 17.7 Å². The molecule has 0 aliphatic carbocycles. The molecule has 5 rings (SSSR count). The number of oxazole rings is 1. The lowest BCUT2D eigenvalue weighted by Gasteiger charge is -2.25. The fourth-order valence-electron chi connectivity index (χ4n) is 4.08. The summed E-state index contributed by atoms with van der Waals surface area (Å²) in [6.45, 7) is 8.65. The molecule has 1 N–H and O–H groups in total. The van der Waals surface area contributed by atoms with E-state index in [1.807, 2.05) is 19.9 Å². The van der Waals surface area contributed by atoms with E-state index in [-0.39, 0.29) is 0 Å². The minimum Gasteiger partial charge on any atom is -0.446 e. The number of hydrogen-bond donors (Lipinski definition) is 1. The van der Waals surface area contributed by atoms with Crippen LogP contribution in [0.3, 0.4) is 0 Å². The number of morpholine rings is 1. The first-order valence-corrected chi connectivity index (χ1v) is 11.9. The summed E-state index contributed by atoms with van der Waals surface area (Å²) in [4.78, 5) is 17.7. The molecular weight excluding hydrogens is 422 g/mol. The number of hydrogen-bond acceptors (Lipinski definition) is 8. The van der Waals surface area contributed by atoms with E-state index in [9.17, 15) is 0 Å². The van der Waals surface area contributed by atoms with Crippen LogP contribution < -0.4 is 5.32 Å². The van der Waals surface area contributed by atoms with E-state index in [4.69, 9.17) is 19.1 Å². The van der Waals surface area contributed by atoms with Gasteiger partial charge in [-0.05, 0) is 12.5 Å². The van der Waals surface area contributed by atoms with Crippen molar-refractivity contribution in [1.82, 2.24) is 19.9 Å². The monoisotopic (exact) mass is 449 g/mol. The van der Waals surface area contributed by atoms with Crippen molar-refractivity contribution in [3.63, 3.8) is 0 Å². The molecule has 0 saturated carbocycles. The molecule has 0 unspecified atom stereocenters. The first-order valence-electron chi connectivity index (χ1n) is 11.0. The Bertz CT molecular complexity index is 1200. The Kier molecular flexibility index (Phi) is 6.16. The van der Waals surface area contributed by atoms with Gasteiger partial charge in [-0.1, -0.05) is 30.3 Å². The molecule has 1 aliphatic heterocycles. The summed E-state index contributed by atoms with van der Waals surface area (Å²) >= 11 is 1.67. The van der Waals surface area contributed by atoms with Crippen LogP contribution in [0.4, 0.5) is 5.82 Å². The second-order valence-electron chi connectivity index (χ2n) is 7.99. The van der Waals surface area contributed by atoms with Crippen LogP contribution in [0.1, 0.15) is 23.2 Å². The van der Waals surface area contributed by atoms with Gasteiger partial charge in [-0.15, -0.1) is 11.3 Å². The van der Waals surface area contributed by atoms with Crippen LogP contribution in [-0.4, -0.2) is 52.7 Å². The zero-order valence-electron chi connectivity index (χ0n) is 18.4. The average molecular weight is 450 g/mol. The number of thiophene rings is 1. The van der Waals surface area contributed by atoms with Gasteiger partial charge in [0, 0.05) is 43.9 Å². The molecule has 0 spiro atoms. The zero-order chi connectivity index (χ0) is 21.9. The predicted molar refractivity (Wildman–Crippen MR) is 127 cm³/mol. The Balaban J connectivity index is 1.46. The first kappa shape index (κ1) is 21.1. The summed E-state index contributed by atoms with van der Waals surface area (Å²) in [6, 6.07) is 10.4. The molecule has 0 atom stereocenters. The quantitative estimate of drug-likeness (QED) is 0.447. The Labute approximate surface area is 191 Å². The molecule has 1 aliphatic rings. The van der Waals surface area contributed by atoms with Gasteiger partial charge in [0.25, 0.3) is 0 Å². The highest BCUT2D eigenvalue weighted by molar-refractivity contribution is 7.17. The fraction of sp³-hybridized carbons (Fsp3) is 0.375. The molecule has 0 radical (unpaired) electrons. The van der Waals surface area contributed by atoms with E-state index in [0.717, 1.165) is 79.1 Å². The molecule has 166 valence electrons. The molecule has 1 aromatic carbocycles. The molecule has 1 fully saturated rings. The number of aromatic nitrogens is 3. The van der Waals surface area contributed by atoms with Gasteiger partial charge in [-0.3, -0.25) is 4.90 Å². The van der Waals surface area contributed by atoms with E-state index >= 15 is 0 Å². The van der Waals surface area contributed by atoms with Gasteiger partial charge < -0.3 is 14.5 Å². The largest absolute Gasteiger partial charge is 0.446 e. The molecule has 1 saturated heterocycles. The fourth-order valence-corrected chi connectivity index (χ4v) is 5.04. The van der Waals surface area contributed by atoms with Crippen molar-refractivity contribution in [3.8, 4) is 11.1 Å². The normalized spacial score (nSPS) is 14.8. The van der Waals surface area contributed by atoms with Gasteiger partial charge in [-0.25, -0.2) is 15.0 Å². The number of nitrogens with one attached hydrogen (secondary N) is 1. The number of ether oxygens (including phenoxy) is 1. The Hall–Kier alpha value is -2.81. The number of aryl methyl sites for hydroxylation is 2. The smallest absolute Gasteiger partial charge is 0.191 e. The van der Waals surface area contributed by atoms with Gasteiger partial charge in [0.05, 0.1) is 30.8 Å². The van der Waals surface area contributed by atoms with E-state index in [1.165, 1.54) is 11.1 Å². The lowest BCUT2D eigenvalue weighted by molar-refractivity contribution is 0.0331. The molecule has 0 bridgehead atoms. The molecule has 8 heteroatoms. The molecular formula is C24H27N5O2S. The lowest BCUT2D eigenvalue weighted by atomic mass is 10.1. The third-order valence-electron chi connectivity index (χ3n) is 5.69. The minimum atomic E-state index is 0.707. The third-order valence-corrected chi connectivity index (χ3v) is 6.56. The number of nitrogens with zero attached hydrogens (tertiary/aromatic N) is 4. The van der Waals surface area contributed by atoms with Crippen molar-refractivity contribution < 1.29 is 9.15 Å². The SMILES string of the molecule is Cc1nc(CCNc2nc(CN3CCOCC3)nc3scc(-c4ccccc4)c23)c(C)o1. The molecule has 7 nitrogen and oxygen atoms in total. The van der Waals surface area contributed by atoms with Crippen LogP contribution in [0.15, 0.2) is 40.1 Å². The standard InChI is InChI=1S/C24H27N5O2S/c1-16-20(26-17(2)31-16)8-9-25-23-22-19(18-6-4-3-5-7-18)15-32-24(22)28-21(27-23)14-29-10-12-30-13-11-29/h3-7,15H,8-14H2,1-2H3,(H,25,27,28). The first-order chi connectivity index (χ1) is 15.7. The predicted octanol–water partition coefficient (Wildman–Crippen LogP) is 4.45. The molecule has 4 aromatic rings. The van der Waals surface area contributed by atoms with Crippen LogP contribution in [0.5, 0.6) is 0 Å². The minimum absolute atomic E-state index is 0.707. The Morgan fingerprint density at radius 1 is 1.06 bits per heavy atom. The van der Waals surface area contributed by atoms with Crippen molar-refractivity contribution in [2.45, 2.75) is 26.8 Å². The number of rotatable bonds is 7. The molecule has 3 aromatic heterocycles. The molecule has 4 heterocycles. The maximum absolute atomic E-state index is 5.58. The summed E-state index contributed by atoms with van der Waals surface area (Å²) in [5.74, 6) is 3.32. The van der Waals surface area contributed by atoms with Crippen LogP contribution in [0.2, 0.25) is 0 Å². The number of benzene rings is 1. The lowest BCUT2D eigenvalue weighted by Crippen LogP contribution is -2.36. The van der Waals surface area contributed by atoms with E-state index in [1.54, 1.807) is 11.3 Å². The van der Waals surface area contributed by atoms with Crippen molar-refractivity contribution in [2.24, 2.45) is 0 Å². The van der Waals surface area contributed by atoms with Gasteiger partial charge in [0.2, 0.25) is 0 Å². The highest BCUT2D eigenvalue weighted by atomic mass is 32.1. The van der Waals surface area contributed by atoms with Crippen molar-refractivity contribution >= 4 is 27.4 Å². The summed E-state index contributed by atoms with van der Waals surface area (Å²) in [5, 5.41) is 6.84. The van der Waals surface area contributed by atoms with Gasteiger partial charge in [-0.2, -0.15) is 0 Å². The van der Waals surface area contributed by atoms with Crippen molar-refractivity contribution in [1.29, 1.82) is 0 Å². The van der Waals surface area contributed by atoms with Crippen LogP contribution in [0, 0.1) is 13.8 Å². The summed E-state index contributed by atoms with van der Waals surface area (Å²) in [7, 11) is 0. The summed E-state index contributed by atoms with van der Waals surface area (Å²) in [5.41, 5.74) is 3.33. The molecule has 0 amide bonds. The molecule has 32 heavy (non-hydrogen) atoms. The zero-order valence-corrected chi connectivity index (χ0v) is 19.2. The average Bonchev–Trinajstić information content (AvgIpc) is 3.37. The van der Waals surface area contributed by atoms with E-state index in [0.29, 0.717) is 5.89 Å². The Morgan fingerprint density at radius 3 is 2.62 bits per heavy atom. The number of anilines is 1. The van der Waals surface area contributed by atoms with Crippen molar-refractivity contribution in [2.75, 3.05) is 38.2 Å². The maximum atomic E-state index is 5.58. The van der Waals surface area contributed by atoms with E-state index in [2.05, 4.69) is 44.8 Å². The van der Waals surface area contributed by atoms with E-state index < -0.39 is 0 Å². The van der Waals surface area contributed by atoms with Crippen LogP contribution >= 0.6 is 11.3 Å². The van der Waals surface area contributed by atoms with Crippen LogP contribution in [0.25, 0.3) is 21.3 Å². The number of fused-ring (bicyclic) bond motifs is 1. The highest BCUT2D eigenvalue weighted by Crippen LogP contribution is 2.37. The van der Waals surface area contributed by atoms with Gasteiger partial charge >= 0.3 is 0 Å². The third kappa shape index (κ3) is 4.53. The summed E-state index contributed by atoms with van der Waals surface area (Å²) < 4.78 is 11.1. The van der Waals surface area contributed by atoms with Gasteiger partial charge in [0.15, 0.2) is 5.89 Å². The second kappa shape index (κ2) is 9.36. The highest BCUT2D eigenvalue weighted by Gasteiger charge is 2.18. The maximum Gasteiger partial charge on any atom is 0.191 e. The topological polar surface area (TPSA) is 76.3 Å². The second-order valence-corrected chi connectivity index (χ2v) is 8.84. The van der Waals surface area contributed by atoms with Crippen molar-refractivity contribution in [3.05, 3.63) is 58.9 Å².